The van der Waals surface area contributed by atoms with E-state index in [9.17, 15) is 26.4 Å². The lowest BCUT2D eigenvalue weighted by atomic mass is 10.1. The monoisotopic (exact) mass is 396 g/mol. The molecule has 0 aliphatic rings. The highest BCUT2D eigenvalue weighted by atomic mass is 35.5. The van der Waals surface area contributed by atoms with Crippen LogP contribution in [-0.4, -0.2) is 23.9 Å². The van der Waals surface area contributed by atoms with Crippen LogP contribution in [0.1, 0.15) is 12.5 Å². The van der Waals surface area contributed by atoms with Gasteiger partial charge in [0.25, 0.3) is 10.0 Å². The maximum Gasteiger partial charge on any atom is 0.418 e. The molecule has 0 radical (unpaired) electrons. The molecule has 1 heterocycles. The number of halogens is 4. The van der Waals surface area contributed by atoms with E-state index in [2.05, 4.69) is 10.3 Å². The maximum atomic E-state index is 13.2. The maximum absolute atomic E-state index is 13.2. The molecule has 0 aliphatic carbocycles. The Morgan fingerprint density at radius 1 is 1.32 bits per heavy atom. The molecular weight excluding hydrogens is 385 g/mol. The Balaban J connectivity index is 2.48. The first-order chi connectivity index (χ1) is 11.4. The van der Waals surface area contributed by atoms with Gasteiger partial charge >= 0.3 is 6.18 Å². The molecule has 0 atom stereocenters. The lowest BCUT2D eigenvalue weighted by Crippen LogP contribution is -2.18. The van der Waals surface area contributed by atoms with E-state index in [0.717, 1.165) is 25.4 Å². The number of anilines is 2. The predicted molar refractivity (Wildman–Crippen MR) is 84.8 cm³/mol. The molecule has 2 N–H and O–H groups in total. The number of amides is 1. The number of carbonyl (C=O) groups is 1. The molecule has 1 aromatic carbocycles. The minimum atomic E-state index is -4.86. The molecule has 25 heavy (non-hydrogen) atoms. The van der Waals surface area contributed by atoms with Crippen molar-refractivity contribution in [3.8, 4) is 0 Å². The zero-order valence-corrected chi connectivity index (χ0v) is 14.4. The summed E-state index contributed by atoms with van der Waals surface area (Å²) >= 11 is 5.78. The Hall–Kier alpha value is -2.27. The third-order valence-electron chi connectivity index (χ3n) is 2.98. The molecule has 136 valence electrons. The summed E-state index contributed by atoms with van der Waals surface area (Å²) in [7, 11) is -3.01. The van der Waals surface area contributed by atoms with Gasteiger partial charge in [0.05, 0.1) is 17.6 Å². The molecule has 0 bridgehead atoms. The van der Waals surface area contributed by atoms with Crippen LogP contribution in [0.25, 0.3) is 0 Å². The Kier molecular flexibility index (Phi) is 5.00. The second-order valence-corrected chi connectivity index (χ2v) is 6.95. The number of rotatable bonds is 4. The van der Waals surface area contributed by atoms with Gasteiger partial charge in [-0.1, -0.05) is 11.6 Å². The number of hydrogen-bond acceptors (Lipinski definition) is 4. The molecular formula is C13H12ClF3N4O3S. The third-order valence-corrected chi connectivity index (χ3v) is 4.83. The predicted octanol–water partition coefficient (Wildman–Crippen LogP) is 2.85. The number of nitrogens with one attached hydrogen (secondary N) is 2. The van der Waals surface area contributed by atoms with Crippen LogP contribution in [0.2, 0.25) is 5.15 Å². The van der Waals surface area contributed by atoms with Gasteiger partial charge in [-0.15, -0.1) is 0 Å². The largest absolute Gasteiger partial charge is 0.418 e. The number of aromatic nitrogens is 2. The van der Waals surface area contributed by atoms with E-state index in [1.807, 2.05) is 4.72 Å². The SMILES string of the molecule is CC(=O)Nc1ccc(NS(=O)(=O)c2ncn(C)c2Cl)c(C(F)(F)F)c1. The average molecular weight is 397 g/mol. The number of alkyl halides is 3. The summed E-state index contributed by atoms with van der Waals surface area (Å²) in [4.78, 5) is 14.6. The van der Waals surface area contributed by atoms with Crippen LogP contribution in [0.4, 0.5) is 24.5 Å². The van der Waals surface area contributed by atoms with Crippen molar-refractivity contribution in [2.75, 3.05) is 10.0 Å². The van der Waals surface area contributed by atoms with E-state index >= 15 is 0 Å². The number of carbonyl (C=O) groups excluding carboxylic acids is 1. The molecule has 0 saturated carbocycles. The fourth-order valence-electron chi connectivity index (χ4n) is 1.92. The smallest absolute Gasteiger partial charge is 0.326 e. The van der Waals surface area contributed by atoms with Gasteiger partial charge in [0, 0.05) is 19.7 Å². The number of sulfonamides is 1. The van der Waals surface area contributed by atoms with Gasteiger partial charge in [0.2, 0.25) is 10.9 Å². The van der Waals surface area contributed by atoms with Crippen LogP contribution in [0, 0.1) is 0 Å². The zero-order chi connectivity index (χ0) is 19.0. The summed E-state index contributed by atoms with van der Waals surface area (Å²) in [5.74, 6) is -0.568. The van der Waals surface area contributed by atoms with Crippen LogP contribution >= 0.6 is 11.6 Å². The highest BCUT2D eigenvalue weighted by molar-refractivity contribution is 7.92. The van der Waals surface area contributed by atoms with E-state index in [1.54, 1.807) is 0 Å². The summed E-state index contributed by atoms with van der Waals surface area (Å²) in [6.45, 7) is 1.13. The van der Waals surface area contributed by atoms with Crippen molar-refractivity contribution in [2.45, 2.75) is 18.1 Å². The topological polar surface area (TPSA) is 93.1 Å². The van der Waals surface area contributed by atoms with E-state index in [-0.39, 0.29) is 10.8 Å². The number of imidazole rings is 1. The van der Waals surface area contributed by atoms with Crippen molar-refractivity contribution < 1.29 is 26.4 Å². The van der Waals surface area contributed by atoms with Crippen molar-refractivity contribution in [1.29, 1.82) is 0 Å². The number of aryl methyl sites for hydroxylation is 1. The average Bonchev–Trinajstić information content (AvgIpc) is 2.79. The summed E-state index contributed by atoms with van der Waals surface area (Å²) in [5.41, 5.74) is -2.11. The van der Waals surface area contributed by atoms with Gasteiger partial charge in [-0.05, 0) is 18.2 Å². The molecule has 12 heteroatoms. The molecule has 2 rings (SSSR count). The third kappa shape index (κ3) is 4.23. The number of benzene rings is 1. The number of hydrogen-bond donors (Lipinski definition) is 2. The quantitative estimate of drug-likeness (QED) is 0.831. The van der Waals surface area contributed by atoms with Crippen molar-refractivity contribution in [1.82, 2.24) is 9.55 Å². The second-order valence-electron chi connectivity index (χ2n) is 5.00. The van der Waals surface area contributed by atoms with Crippen LogP contribution in [-0.2, 0) is 28.0 Å². The van der Waals surface area contributed by atoms with Gasteiger partial charge in [0.15, 0.2) is 0 Å². The lowest BCUT2D eigenvalue weighted by Gasteiger charge is -2.16. The van der Waals surface area contributed by atoms with Crippen LogP contribution in [0.5, 0.6) is 0 Å². The molecule has 2 aromatic rings. The first kappa shape index (κ1) is 19.1. The first-order valence-electron chi connectivity index (χ1n) is 6.60. The van der Waals surface area contributed by atoms with Crippen LogP contribution in [0.3, 0.4) is 0 Å². The fourth-order valence-corrected chi connectivity index (χ4v) is 3.43. The first-order valence-corrected chi connectivity index (χ1v) is 8.46. The molecule has 0 aliphatic heterocycles. The molecule has 1 aromatic heterocycles. The molecule has 0 fully saturated rings. The van der Waals surface area contributed by atoms with E-state index < -0.39 is 38.4 Å². The highest BCUT2D eigenvalue weighted by Gasteiger charge is 2.35. The van der Waals surface area contributed by atoms with Crippen molar-refractivity contribution >= 4 is 38.9 Å². The van der Waals surface area contributed by atoms with E-state index in [0.29, 0.717) is 6.07 Å². The normalized spacial score (nSPS) is 12.1. The molecule has 0 saturated heterocycles. The van der Waals surface area contributed by atoms with Crippen molar-refractivity contribution in [2.24, 2.45) is 7.05 Å². The summed E-state index contributed by atoms with van der Waals surface area (Å²) in [5, 5.41) is 1.34. The van der Waals surface area contributed by atoms with Gasteiger partial charge < -0.3 is 9.88 Å². The molecule has 0 spiro atoms. The molecule has 0 unspecified atom stereocenters. The Bertz CT molecular complexity index is 925. The fraction of sp³-hybridized carbons (Fsp3) is 0.231. The zero-order valence-electron chi connectivity index (χ0n) is 12.8. The molecule has 7 nitrogen and oxygen atoms in total. The number of nitrogens with zero attached hydrogens (tertiary/aromatic N) is 2. The van der Waals surface area contributed by atoms with Crippen molar-refractivity contribution in [3.63, 3.8) is 0 Å². The minimum absolute atomic E-state index is 0.126. The Labute approximate surface area is 145 Å². The lowest BCUT2D eigenvalue weighted by molar-refractivity contribution is -0.136. The summed E-state index contributed by atoms with van der Waals surface area (Å²) < 4.78 is 67.3. The summed E-state index contributed by atoms with van der Waals surface area (Å²) in [6, 6.07) is 2.65. The van der Waals surface area contributed by atoms with Crippen molar-refractivity contribution in [3.05, 3.63) is 35.2 Å². The highest BCUT2D eigenvalue weighted by Crippen LogP contribution is 2.37. The Morgan fingerprint density at radius 2 is 1.96 bits per heavy atom. The van der Waals surface area contributed by atoms with E-state index in [1.165, 1.54) is 11.6 Å². The standard InChI is InChI=1S/C13H12ClF3N4O3S/c1-7(22)19-8-3-4-10(9(5-8)13(15,16)17)20-25(23,24)12-11(14)21(2)6-18-12/h3-6,20H,1-2H3,(H,19,22). The second kappa shape index (κ2) is 6.56. The minimum Gasteiger partial charge on any atom is -0.326 e. The van der Waals surface area contributed by atoms with E-state index in [4.69, 9.17) is 11.6 Å². The summed E-state index contributed by atoms with van der Waals surface area (Å²) in [6.07, 6.45) is -3.75. The van der Waals surface area contributed by atoms with Gasteiger partial charge in [0.1, 0.15) is 5.15 Å². The van der Waals surface area contributed by atoms with Crippen LogP contribution < -0.4 is 10.0 Å². The van der Waals surface area contributed by atoms with Gasteiger partial charge in [-0.3, -0.25) is 9.52 Å². The Morgan fingerprint density at radius 3 is 2.44 bits per heavy atom. The molecule has 1 amide bonds. The van der Waals surface area contributed by atoms with Crippen LogP contribution in [0.15, 0.2) is 29.6 Å². The van der Waals surface area contributed by atoms with Gasteiger partial charge in [-0.25, -0.2) is 4.98 Å². The van der Waals surface area contributed by atoms with Gasteiger partial charge in [-0.2, -0.15) is 21.6 Å².